The number of imidazole rings is 1. The quantitative estimate of drug-likeness (QED) is 0.944. The van der Waals surface area contributed by atoms with Gasteiger partial charge in [-0.25, -0.2) is 9.97 Å². The first-order valence-corrected chi connectivity index (χ1v) is 5.93. The average molecular weight is 302 g/mol. The summed E-state index contributed by atoms with van der Waals surface area (Å²) in [6.45, 7) is 1.63. The van der Waals surface area contributed by atoms with E-state index in [1.165, 1.54) is 0 Å². The molecule has 1 N–H and O–H groups in total. The molecular formula is C10H10BrClN4. The monoisotopic (exact) mass is 300 g/mol. The van der Waals surface area contributed by atoms with Crippen LogP contribution in [0.25, 0.3) is 0 Å². The lowest BCUT2D eigenvalue weighted by Gasteiger charge is -2.07. The lowest BCUT2D eigenvalue weighted by atomic mass is 10.4. The number of nitrogens with zero attached hydrogens (tertiary/aromatic N) is 3. The first kappa shape index (κ1) is 11.4. The first-order valence-electron chi connectivity index (χ1n) is 4.76. The maximum Gasteiger partial charge on any atom is 0.140 e. The van der Waals surface area contributed by atoms with Crippen LogP contribution in [0.1, 0.15) is 0 Å². The zero-order valence-corrected chi connectivity index (χ0v) is 10.7. The van der Waals surface area contributed by atoms with E-state index < -0.39 is 0 Å². The molecular weight excluding hydrogens is 291 g/mol. The number of hydrogen-bond donors (Lipinski definition) is 1. The van der Waals surface area contributed by atoms with Crippen molar-refractivity contribution in [3.05, 3.63) is 40.5 Å². The van der Waals surface area contributed by atoms with Crippen LogP contribution in [0.4, 0.5) is 5.82 Å². The van der Waals surface area contributed by atoms with Gasteiger partial charge in [-0.15, -0.1) is 0 Å². The third-order valence-corrected chi connectivity index (χ3v) is 2.84. The molecule has 0 aliphatic rings. The van der Waals surface area contributed by atoms with Crippen LogP contribution in [0.15, 0.2) is 35.5 Å². The van der Waals surface area contributed by atoms with Crippen molar-refractivity contribution in [1.29, 1.82) is 0 Å². The van der Waals surface area contributed by atoms with Gasteiger partial charge in [0, 0.05) is 31.7 Å². The van der Waals surface area contributed by atoms with Gasteiger partial charge in [0.2, 0.25) is 0 Å². The largest absolute Gasteiger partial charge is 0.367 e. The minimum absolute atomic E-state index is 0.618. The minimum Gasteiger partial charge on any atom is -0.367 e. The highest BCUT2D eigenvalue weighted by molar-refractivity contribution is 9.10. The summed E-state index contributed by atoms with van der Waals surface area (Å²) in [6, 6.07) is 1.81. The summed E-state index contributed by atoms with van der Waals surface area (Å²) in [6.07, 6.45) is 7.08. The molecule has 2 heterocycles. The van der Waals surface area contributed by atoms with Crippen molar-refractivity contribution in [2.45, 2.75) is 6.54 Å². The second kappa shape index (κ2) is 5.32. The highest BCUT2D eigenvalue weighted by Crippen LogP contribution is 2.22. The third-order valence-electron chi connectivity index (χ3n) is 2.03. The Bertz CT molecular complexity index is 458. The minimum atomic E-state index is 0.618. The van der Waals surface area contributed by atoms with Gasteiger partial charge in [-0.2, -0.15) is 0 Å². The fraction of sp³-hybridized carbons (Fsp3) is 0.200. The number of aromatic nitrogens is 3. The Labute approximate surface area is 107 Å². The maximum atomic E-state index is 5.80. The van der Waals surface area contributed by atoms with Crippen molar-refractivity contribution in [2.24, 2.45) is 0 Å². The standard InChI is InChI=1S/C10H10BrClN4/c11-9-5-8(12)6-15-10(9)14-2-4-16-3-1-13-7-16/h1,3,5-7H,2,4H2,(H,14,15). The molecule has 4 nitrogen and oxygen atoms in total. The van der Waals surface area contributed by atoms with Crippen molar-refractivity contribution < 1.29 is 0 Å². The lowest BCUT2D eigenvalue weighted by molar-refractivity contribution is 0.725. The Morgan fingerprint density at radius 2 is 2.38 bits per heavy atom. The van der Waals surface area contributed by atoms with Gasteiger partial charge in [0.25, 0.3) is 0 Å². The molecule has 2 aromatic rings. The highest BCUT2D eigenvalue weighted by Gasteiger charge is 2.01. The van der Waals surface area contributed by atoms with Gasteiger partial charge in [-0.1, -0.05) is 11.6 Å². The molecule has 0 bridgehead atoms. The van der Waals surface area contributed by atoms with E-state index >= 15 is 0 Å². The second-order valence-corrected chi connectivity index (χ2v) is 4.50. The molecule has 0 atom stereocenters. The third kappa shape index (κ3) is 2.96. The molecule has 0 fully saturated rings. The van der Waals surface area contributed by atoms with Crippen LogP contribution in [0.3, 0.4) is 0 Å². The van der Waals surface area contributed by atoms with E-state index in [0.29, 0.717) is 5.02 Å². The molecule has 0 unspecified atom stereocenters. The van der Waals surface area contributed by atoms with Crippen LogP contribution < -0.4 is 5.32 Å². The summed E-state index contributed by atoms with van der Waals surface area (Å²) in [4.78, 5) is 8.15. The topological polar surface area (TPSA) is 42.7 Å². The van der Waals surface area contributed by atoms with E-state index in [2.05, 4.69) is 31.2 Å². The van der Waals surface area contributed by atoms with Crippen LogP contribution in [-0.2, 0) is 6.54 Å². The van der Waals surface area contributed by atoms with Crippen LogP contribution in [0.5, 0.6) is 0 Å². The van der Waals surface area contributed by atoms with E-state index in [-0.39, 0.29) is 0 Å². The van der Waals surface area contributed by atoms with E-state index in [1.807, 2.05) is 16.8 Å². The predicted octanol–water partition coefficient (Wildman–Crippen LogP) is 2.81. The summed E-state index contributed by atoms with van der Waals surface area (Å²) in [5, 5.41) is 3.83. The number of halogens is 2. The normalized spacial score (nSPS) is 10.4. The van der Waals surface area contributed by atoms with E-state index in [4.69, 9.17) is 11.6 Å². The van der Waals surface area contributed by atoms with Crippen molar-refractivity contribution >= 4 is 33.3 Å². The fourth-order valence-electron chi connectivity index (χ4n) is 1.27. The molecule has 16 heavy (non-hydrogen) atoms. The molecule has 0 aromatic carbocycles. The molecule has 0 saturated heterocycles. The molecule has 0 radical (unpaired) electrons. The second-order valence-electron chi connectivity index (χ2n) is 3.21. The molecule has 0 aliphatic heterocycles. The summed E-state index contributed by atoms with van der Waals surface area (Å²) >= 11 is 9.20. The Kier molecular flexibility index (Phi) is 3.79. The Morgan fingerprint density at radius 3 is 3.06 bits per heavy atom. The average Bonchev–Trinajstić information content (AvgIpc) is 2.74. The van der Waals surface area contributed by atoms with Gasteiger partial charge < -0.3 is 9.88 Å². The molecule has 2 aromatic heterocycles. The Morgan fingerprint density at radius 1 is 1.50 bits per heavy atom. The number of hydrogen-bond acceptors (Lipinski definition) is 3. The Balaban J connectivity index is 1.90. The molecule has 0 amide bonds. The molecule has 84 valence electrons. The van der Waals surface area contributed by atoms with Crippen LogP contribution in [0, 0.1) is 0 Å². The summed E-state index contributed by atoms with van der Waals surface area (Å²) < 4.78 is 2.86. The van der Waals surface area contributed by atoms with Crippen LogP contribution in [-0.4, -0.2) is 21.1 Å². The summed E-state index contributed by atoms with van der Waals surface area (Å²) in [5.41, 5.74) is 0. The van der Waals surface area contributed by atoms with Gasteiger partial charge in [-0.05, 0) is 22.0 Å². The number of anilines is 1. The summed E-state index contributed by atoms with van der Waals surface area (Å²) in [7, 11) is 0. The highest BCUT2D eigenvalue weighted by atomic mass is 79.9. The zero-order valence-electron chi connectivity index (χ0n) is 8.40. The maximum absolute atomic E-state index is 5.80. The Hall–Kier alpha value is -1.07. The number of pyridine rings is 1. The van der Waals surface area contributed by atoms with Crippen molar-refractivity contribution in [3.63, 3.8) is 0 Å². The van der Waals surface area contributed by atoms with E-state index in [1.54, 1.807) is 18.7 Å². The molecule has 2 rings (SSSR count). The molecule has 0 aliphatic carbocycles. The fourth-order valence-corrected chi connectivity index (χ4v) is 2.05. The van der Waals surface area contributed by atoms with Crippen LogP contribution in [0.2, 0.25) is 5.02 Å². The molecule has 0 spiro atoms. The van der Waals surface area contributed by atoms with Gasteiger partial charge in [0.15, 0.2) is 0 Å². The van der Waals surface area contributed by atoms with Gasteiger partial charge >= 0.3 is 0 Å². The summed E-state index contributed by atoms with van der Waals surface area (Å²) in [5.74, 6) is 0.796. The van der Waals surface area contributed by atoms with Crippen molar-refractivity contribution in [1.82, 2.24) is 14.5 Å². The molecule has 6 heteroatoms. The SMILES string of the molecule is Clc1cnc(NCCn2ccnc2)c(Br)c1. The van der Waals surface area contributed by atoms with Gasteiger partial charge in [0.1, 0.15) is 5.82 Å². The predicted molar refractivity (Wildman–Crippen MR) is 67.7 cm³/mol. The zero-order chi connectivity index (χ0) is 11.4. The lowest BCUT2D eigenvalue weighted by Crippen LogP contribution is -2.10. The van der Waals surface area contributed by atoms with Gasteiger partial charge in [0.05, 0.1) is 15.8 Å². The smallest absolute Gasteiger partial charge is 0.140 e. The van der Waals surface area contributed by atoms with Crippen molar-refractivity contribution in [3.8, 4) is 0 Å². The number of rotatable bonds is 4. The van der Waals surface area contributed by atoms with Gasteiger partial charge in [-0.3, -0.25) is 0 Å². The first-order chi connectivity index (χ1) is 7.75. The number of nitrogens with one attached hydrogen (secondary N) is 1. The molecule has 0 saturated carbocycles. The van der Waals surface area contributed by atoms with Crippen molar-refractivity contribution in [2.75, 3.05) is 11.9 Å². The van der Waals surface area contributed by atoms with Crippen LogP contribution >= 0.6 is 27.5 Å². The van der Waals surface area contributed by atoms with E-state index in [0.717, 1.165) is 23.4 Å². The van der Waals surface area contributed by atoms with E-state index in [9.17, 15) is 0 Å².